The molecule has 0 unspecified atom stereocenters. The monoisotopic (exact) mass is 190 g/mol. The van der Waals surface area contributed by atoms with Crippen molar-refractivity contribution in [3.05, 3.63) is 24.3 Å². The van der Waals surface area contributed by atoms with Gasteiger partial charge in [0.05, 0.1) is 11.4 Å². The number of nitrogens with zero attached hydrogens (tertiary/aromatic N) is 1. The number of rotatable bonds is 1. The molecule has 14 heavy (non-hydrogen) atoms. The molecule has 1 heterocycles. The van der Waals surface area contributed by atoms with Gasteiger partial charge < -0.3 is 10.2 Å². The lowest BCUT2D eigenvalue weighted by molar-refractivity contribution is 0.624. The summed E-state index contributed by atoms with van der Waals surface area (Å²) >= 11 is 0. The number of anilines is 2. The van der Waals surface area contributed by atoms with Gasteiger partial charge in [-0.15, -0.1) is 0 Å². The number of benzene rings is 1. The van der Waals surface area contributed by atoms with Gasteiger partial charge in [-0.25, -0.2) is 0 Å². The summed E-state index contributed by atoms with van der Waals surface area (Å²) in [6, 6.07) is 9.64. The van der Waals surface area contributed by atoms with Gasteiger partial charge in [-0.1, -0.05) is 12.1 Å². The highest BCUT2D eigenvalue weighted by molar-refractivity contribution is 5.72. The largest absolute Gasteiger partial charge is 0.379 e. The van der Waals surface area contributed by atoms with Crippen molar-refractivity contribution in [1.29, 1.82) is 0 Å². The van der Waals surface area contributed by atoms with E-state index in [1.807, 2.05) is 0 Å². The van der Waals surface area contributed by atoms with Crippen molar-refractivity contribution in [3.8, 4) is 0 Å². The minimum absolute atomic E-state index is 0.535. The molecule has 2 heteroatoms. The van der Waals surface area contributed by atoms with Gasteiger partial charge in [0.1, 0.15) is 0 Å². The summed E-state index contributed by atoms with van der Waals surface area (Å²) in [6.07, 6.45) is 0. The first-order valence-corrected chi connectivity index (χ1v) is 5.30. The van der Waals surface area contributed by atoms with Gasteiger partial charge >= 0.3 is 0 Å². The Bertz CT molecular complexity index is 320. The molecule has 2 rings (SSSR count). The van der Waals surface area contributed by atoms with Crippen LogP contribution >= 0.6 is 0 Å². The molecule has 0 aromatic heterocycles. The molecule has 0 spiro atoms. The fraction of sp³-hybridized carbons (Fsp3) is 0.500. The lowest BCUT2D eigenvalue weighted by Crippen LogP contribution is -2.43. The molecule has 1 atom stereocenters. The van der Waals surface area contributed by atoms with Crippen molar-refractivity contribution in [2.24, 2.45) is 0 Å². The Morgan fingerprint density at radius 3 is 2.79 bits per heavy atom. The summed E-state index contributed by atoms with van der Waals surface area (Å²) in [5.74, 6) is 0. The van der Waals surface area contributed by atoms with Crippen LogP contribution in [0.15, 0.2) is 24.3 Å². The fourth-order valence-electron chi connectivity index (χ4n) is 2.04. The Morgan fingerprint density at radius 2 is 2.07 bits per heavy atom. The molecule has 0 saturated heterocycles. The van der Waals surface area contributed by atoms with E-state index in [1.54, 1.807) is 0 Å². The first-order chi connectivity index (χ1) is 6.68. The summed E-state index contributed by atoms with van der Waals surface area (Å²) in [5, 5.41) is 3.50. The highest BCUT2D eigenvalue weighted by atomic mass is 15.2. The van der Waals surface area contributed by atoms with Gasteiger partial charge in [0.15, 0.2) is 0 Å². The maximum Gasteiger partial charge on any atom is 0.0605 e. The zero-order chi connectivity index (χ0) is 10.1. The zero-order valence-corrected chi connectivity index (χ0v) is 9.12. The molecule has 0 radical (unpaired) electrons. The second-order valence-electron chi connectivity index (χ2n) is 4.31. The third-order valence-corrected chi connectivity index (χ3v) is 2.71. The average molecular weight is 190 g/mol. The van der Waals surface area contributed by atoms with E-state index in [2.05, 4.69) is 55.3 Å². The fourth-order valence-corrected chi connectivity index (χ4v) is 2.04. The van der Waals surface area contributed by atoms with Crippen molar-refractivity contribution in [2.45, 2.75) is 32.9 Å². The standard InChI is InChI=1S/C12H18N2/c1-9(2)14-8-10(3)13-11-6-4-5-7-12(11)14/h4-7,9-10,13H,8H2,1-3H3/t10-/m0/s1. The number of para-hydroxylation sites is 2. The summed E-state index contributed by atoms with van der Waals surface area (Å²) in [6.45, 7) is 7.81. The summed E-state index contributed by atoms with van der Waals surface area (Å²) in [4.78, 5) is 2.45. The molecule has 1 aliphatic rings. The Balaban J connectivity index is 2.38. The van der Waals surface area contributed by atoms with Crippen LogP contribution in [0.2, 0.25) is 0 Å². The second-order valence-corrected chi connectivity index (χ2v) is 4.31. The third-order valence-electron chi connectivity index (χ3n) is 2.71. The maximum absolute atomic E-state index is 3.50. The quantitative estimate of drug-likeness (QED) is 0.732. The van der Waals surface area contributed by atoms with Gasteiger partial charge in [-0.3, -0.25) is 0 Å². The van der Waals surface area contributed by atoms with Crippen molar-refractivity contribution in [2.75, 3.05) is 16.8 Å². The smallest absolute Gasteiger partial charge is 0.0605 e. The van der Waals surface area contributed by atoms with Crippen LogP contribution in [0.25, 0.3) is 0 Å². The van der Waals surface area contributed by atoms with Crippen LogP contribution in [0.3, 0.4) is 0 Å². The minimum atomic E-state index is 0.535. The third kappa shape index (κ3) is 1.57. The Morgan fingerprint density at radius 1 is 1.36 bits per heavy atom. The van der Waals surface area contributed by atoms with Crippen molar-refractivity contribution < 1.29 is 0 Å². The highest BCUT2D eigenvalue weighted by Crippen LogP contribution is 2.31. The van der Waals surface area contributed by atoms with Crippen LogP contribution in [0.1, 0.15) is 20.8 Å². The second kappa shape index (κ2) is 3.52. The molecule has 1 aliphatic heterocycles. The molecule has 1 aromatic carbocycles. The molecule has 1 aromatic rings. The normalized spacial score (nSPS) is 20.6. The summed E-state index contributed by atoms with van der Waals surface area (Å²) < 4.78 is 0. The first-order valence-electron chi connectivity index (χ1n) is 5.30. The van der Waals surface area contributed by atoms with Crippen molar-refractivity contribution >= 4 is 11.4 Å². The summed E-state index contributed by atoms with van der Waals surface area (Å²) in [7, 11) is 0. The molecule has 1 N–H and O–H groups in total. The van der Waals surface area contributed by atoms with Gasteiger partial charge in [0.2, 0.25) is 0 Å². The lowest BCUT2D eigenvalue weighted by atomic mass is 10.1. The number of hydrogen-bond acceptors (Lipinski definition) is 2. The molecule has 76 valence electrons. The zero-order valence-electron chi connectivity index (χ0n) is 9.12. The Kier molecular flexibility index (Phi) is 2.36. The topological polar surface area (TPSA) is 15.3 Å². The predicted octanol–water partition coefficient (Wildman–Crippen LogP) is 2.72. The van der Waals surface area contributed by atoms with Crippen molar-refractivity contribution in [1.82, 2.24) is 0 Å². The van der Waals surface area contributed by atoms with Gasteiger partial charge in [0.25, 0.3) is 0 Å². The van der Waals surface area contributed by atoms with Gasteiger partial charge in [-0.2, -0.15) is 0 Å². The van der Waals surface area contributed by atoms with E-state index >= 15 is 0 Å². The molecular formula is C12H18N2. The van der Waals surface area contributed by atoms with E-state index in [-0.39, 0.29) is 0 Å². The van der Waals surface area contributed by atoms with E-state index in [0.29, 0.717) is 12.1 Å². The van der Waals surface area contributed by atoms with Gasteiger partial charge in [0, 0.05) is 18.6 Å². The number of nitrogens with one attached hydrogen (secondary N) is 1. The highest BCUT2D eigenvalue weighted by Gasteiger charge is 2.21. The van der Waals surface area contributed by atoms with Crippen LogP contribution in [-0.2, 0) is 0 Å². The maximum atomic E-state index is 3.50. The minimum Gasteiger partial charge on any atom is -0.379 e. The van der Waals surface area contributed by atoms with E-state index in [1.165, 1.54) is 11.4 Å². The molecule has 0 bridgehead atoms. The SMILES string of the molecule is CC(C)N1C[C@H](C)Nc2ccccc21. The van der Waals surface area contributed by atoms with Crippen LogP contribution in [0, 0.1) is 0 Å². The van der Waals surface area contributed by atoms with Crippen LogP contribution < -0.4 is 10.2 Å². The average Bonchev–Trinajstić information content (AvgIpc) is 2.16. The van der Waals surface area contributed by atoms with Crippen molar-refractivity contribution in [3.63, 3.8) is 0 Å². The Hall–Kier alpha value is -1.18. The van der Waals surface area contributed by atoms with Crippen LogP contribution in [0.4, 0.5) is 11.4 Å². The van der Waals surface area contributed by atoms with E-state index in [0.717, 1.165) is 6.54 Å². The van der Waals surface area contributed by atoms with E-state index in [4.69, 9.17) is 0 Å². The predicted molar refractivity (Wildman–Crippen MR) is 62.0 cm³/mol. The first kappa shape index (κ1) is 9.38. The number of hydrogen-bond donors (Lipinski definition) is 1. The van der Waals surface area contributed by atoms with Gasteiger partial charge in [-0.05, 0) is 32.9 Å². The van der Waals surface area contributed by atoms with Crippen LogP contribution in [-0.4, -0.2) is 18.6 Å². The molecule has 0 amide bonds. The van der Waals surface area contributed by atoms with Crippen LogP contribution in [0.5, 0.6) is 0 Å². The molecule has 0 fully saturated rings. The number of fused-ring (bicyclic) bond motifs is 1. The Labute approximate surface area is 85.9 Å². The lowest BCUT2D eigenvalue weighted by Gasteiger charge is -2.38. The molecule has 0 saturated carbocycles. The summed E-state index contributed by atoms with van der Waals surface area (Å²) in [5.41, 5.74) is 2.60. The molecule has 2 nitrogen and oxygen atoms in total. The van der Waals surface area contributed by atoms with E-state index < -0.39 is 0 Å². The molecule has 0 aliphatic carbocycles. The van der Waals surface area contributed by atoms with E-state index in [9.17, 15) is 0 Å². The molecular weight excluding hydrogens is 172 g/mol.